The summed E-state index contributed by atoms with van der Waals surface area (Å²) in [5.74, 6) is -1.16. The number of amides is 2. The van der Waals surface area contributed by atoms with E-state index in [1.165, 1.54) is 22.3 Å². The van der Waals surface area contributed by atoms with Gasteiger partial charge in [-0.2, -0.15) is 0 Å². The molecule has 0 saturated heterocycles. The van der Waals surface area contributed by atoms with Crippen molar-refractivity contribution < 1.29 is 14.0 Å². The molecule has 0 saturated carbocycles. The molecule has 2 atom stereocenters. The van der Waals surface area contributed by atoms with Crippen LogP contribution in [0.1, 0.15) is 46.6 Å². The third kappa shape index (κ3) is 3.88. The molecule has 160 valence electrons. The first-order chi connectivity index (χ1) is 14.9. The number of thiophene rings is 1. The molecular formula is C25H25FN2O2S. The average molecular weight is 437 g/mol. The van der Waals surface area contributed by atoms with Crippen molar-refractivity contribution in [1.82, 2.24) is 4.90 Å². The summed E-state index contributed by atoms with van der Waals surface area (Å²) in [6.45, 7) is 4.64. The Bertz CT molecular complexity index is 1100. The first kappa shape index (κ1) is 21.2. The normalized spacial score (nSPS) is 18.2. The molecule has 1 aromatic heterocycles. The highest BCUT2D eigenvalue weighted by molar-refractivity contribution is 7.10. The van der Waals surface area contributed by atoms with Crippen molar-refractivity contribution in [2.24, 2.45) is 5.92 Å². The maximum atomic E-state index is 14.5. The summed E-state index contributed by atoms with van der Waals surface area (Å²) in [5.41, 5.74) is 1.46. The first-order valence-corrected chi connectivity index (χ1v) is 11.2. The van der Waals surface area contributed by atoms with Crippen molar-refractivity contribution in [3.05, 3.63) is 87.9 Å². The lowest BCUT2D eigenvalue weighted by Crippen LogP contribution is -2.48. The number of hydrogen-bond donors (Lipinski definition) is 0. The van der Waals surface area contributed by atoms with Gasteiger partial charge in [0.25, 0.3) is 5.91 Å². The Morgan fingerprint density at radius 1 is 1.10 bits per heavy atom. The second-order valence-corrected chi connectivity index (χ2v) is 9.20. The van der Waals surface area contributed by atoms with E-state index in [-0.39, 0.29) is 23.4 Å². The number of rotatable bonds is 5. The predicted octanol–water partition coefficient (Wildman–Crippen LogP) is 5.49. The van der Waals surface area contributed by atoms with Gasteiger partial charge in [0.1, 0.15) is 5.82 Å². The maximum Gasteiger partial charge on any atom is 0.254 e. The van der Waals surface area contributed by atoms with Gasteiger partial charge in [0, 0.05) is 24.0 Å². The summed E-state index contributed by atoms with van der Waals surface area (Å²) < 4.78 is 14.5. The lowest BCUT2D eigenvalue weighted by Gasteiger charge is -2.43. The van der Waals surface area contributed by atoms with Crippen LogP contribution in [0.15, 0.2) is 66.0 Å². The van der Waals surface area contributed by atoms with E-state index in [1.54, 1.807) is 31.3 Å². The minimum absolute atomic E-state index is 0.0692. The molecule has 6 heteroatoms. The minimum atomic E-state index is -0.629. The molecule has 2 aromatic carbocycles. The Morgan fingerprint density at radius 2 is 1.81 bits per heavy atom. The summed E-state index contributed by atoms with van der Waals surface area (Å²) in [4.78, 5) is 31.5. The van der Waals surface area contributed by atoms with E-state index in [0.717, 1.165) is 4.88 Å². The van der Waals surface area contributed by atoms with Crippen molar-refractivity contribution in [1.29, 1.82) is 0 Å². The largest absolute Gasteiger partial charge is 0.329 e. The number of hydrogen-bond acceptors (Lipinski definition) is 3. The summed E-state index contributed by atoms with van der Waals surface area (Å²) in [7, 11) is 1.60. The topological polar surface area (TPSA) is 40.6 Å². The predicted molar refractivity (Wildman–Crippen MR) is 122 cm³/mol. The standard InChI is InChI=1S/C25H25FN2O2S/c1-16(2)15-28-23(21-13-8-14-31-21)22(17-9-4-5-10-18(17)24(28)29)25(30)27(3)20-12-7-6-11-19(20)26/h4-14,16,22-23H,15H2,1-3H3/t22-,23-/m1/s1. The molecule has 0 N–H and O–H groups in total. The van der Waals surface area contributed by atoms with Crippen LogP contribution < -0.4 is 4.90 Å². The molecule has 3 aromatic rings. The third-order valence-electron chi connectivity index (χ3n) is 5.65. The average Bonchev–Trinajstić information content (AvgIpc) is 3.29. The molecule has 0 radical (unpaired) electrons. The lowest BCUT2D eigenvalue weighted by atomic mass is 9.80. The van der Waals surface area contributed by atoms with Gasteiger partial charge in [-0.05, 0) is 41.1 Å². The SMILES string of the molecule is CC(C)CN1C(=O)c2ccccc2[C@@H](C(=O)N(C)c2ccccc2F)[C@H]1c1cccs1. The third-order valence-corrected chi connectivity index (χ3v) is 6.59. The van der Waals surface area contributed by atoms with Gasteiger partial charge in [0.2, 0.25) is 5.91 Å². The van der Waals surface area contributed by atoms with Gasteiger partial charge in [0.15, 0.2) is 0 Å². The molecular weight excluding hydrogens is 411 g/mol. The summed E-state index contributed by atoms with van der Waals surface area (Å²) in [6, 6.07) is 17.0. The zero-order chi connectivity index (χ0) is 22.1. The van der Waals surface area contributed by atoms with Crippen molar-refractivity contribution in [2.75, 3.05) is 18.5 Å². The van der Waals surface area contributed by atoms with E-state index >= 15 is 0 Å². The maximum absolute atomic E-state index is 14.5. The molecule has 4 rings (SSSR count). The molecule has 0 unspecified atom stereocenters. The molecule has 1 aliphatic rings. The molecule has 0 spiro atoms. The highest BCUT2D eigenvalue weighted by Crippen LogP contribution is 2.45. The Balaban J connectivity index is 1.87. The number of para-hydroxylation sites is 1. The van der Waals surface area contributed by atoms with Gasteiger partial charge in [-0.25, -0.2) is 4.39 Å². The van der Waals surface area contributed by atoms with Crippen molar-refractivity contribution >= 4 is 28.8 Å². The van der Waals surface area contributed by atoms with Crippen LogP contribution in [0.3, 0.4) is 0 Å². The van der Waals surface area contributed by atoms with E-state index in [4.69, 9.17) is 0 Å². The van der Waals surface area contributed by atoms with E-state index in [0.29, 0.717) is 17.7 Å². The Labute approximate surface area is 185 Å². The van der Waals surface area contributed by atoms with Gasteiger partial charge >= 0.3 is 0 Å². The quantitative estimate of drug-likeness (QED) is 0.531. The second kappa shape index (κ2) is 8.63. The van der Waals surface area contributed by atoms with Crippen molar-refractivity contribution in [3.8, 4) is 0 Å². The summed E-state index contributed by atoms with van der Waals surface area (Å²) >= 11 is 1.53. The minimum Gasteiger partial charge on any atom is -0.329 e. The molecule has 1 aliphatic heterocycles. The van der Waals surface area contributed by atoms with Crippen molar-refractivity contribution in [2.45, 2.75) is 25.8 Å². The zero-order valence-electron chi connectivity index (χ0n) is 17.8. The number of anilines is 1. The molecule has 0 bridgehead atoms. The number of nitrogens with zero attached hydrogens (tertiary/aromatic N) is 2. The van der Waals surface area contributed by atoms with E-state index in [9.17, 15) is 14.0 Å². The first-order valence-electron chi connectivity index (χ1n) is 10.4. The van der Waals surface area contributed by atoms with Crippen LogP contribution in [0.25, 0.3) is 0 Å². The monoisotopic (exact) mass is 436 g/mol. The van der Waals surface area contributed by atoms with Gasteiger partial charge in [0.05, 0.1) is 17.6 Å². The Hall–Kier alpha value is -2.99. The fraction of sp³-hybridized carbons (Fsp3) is 0.280. The van der Waals surface area contributed by atoms with Crippen LogP contribution in [0.4, 0.5) is 10.1 Å². The fourth-order valence-electron chi connectivity index (χ4n) is 4.28. The van der Waals surface area contributed by atoms with E-state index in [2.05, 4.69) is 13.8 Å². The van der Waals surface area contributed by atoms with Crippen LogP contribution in [0, 0.1) is 11.7 Å². The van der Waals surface area contributed by atoms with Crippen LogP contribution in [0.2, 0.25) is 0 Å². The van der Waals surface area contributed by atoms with Gasteiger partial charge < -0.3 is 9.80 Å². The van der Waals surface area contributed by atoms with Crippen LogP contribution in [-0.4, -0.2) is 30.3 Å². The van der Waals surface area contributed by atoms with Gasteiger partial charge in [-0.3, -0.25) is 9.59 Å². The molecule has 0 aliphatic carbocycles. The second-order valence-electron chi connectivity index (χ2n) is 8.23. The zero-order valence-corrected chi connectivity index (χ0v) is 18.6. The highest BCUT2D eigenvalue weighted by Gasteiger charge is 2.45. The number of fused-ring (bicyclic) bond motifs is 1. The molecule has 0 fully saturated rings. The fourth-order valence-corrected chi connectivity index (χ4v) is 5.15. The number of likely N-dealkylation sites (N-methyl/N-ethyl adjacent to an activating group) is 1. The molecule has 2 heterocycles. The number of halogens is 1. The van der Waals surface area contributed by atoms with E-state index in [1.807, 2.05) is 40.6 Å². The molecule has 4 nitrogen and oxygen atoms in total. The van der Waals surface area contributed by atoms with Gasteiger partial charge in [-0.15, -0.1) is 11.3 Å². The summed E-state index contributed by atoms with van der Waals surface area (Å²) in [5, 5.41) is 1.95. The lowest BCUT2D eigenvalue weighted by molar-refractivity contribution is -0.121. The number of benzene rings is 2. The van der Waals surface area contributed by atoms with E-state index < -0.39 is 17.8 Å². The van der Waals surface area contributed by atoms with Crippen molar-refractivity contribution in [3.63, 3.8) is 0 Å². The summed E-state index contributed by atoms with van der Waals surface area (Å²) in [6.07, 6.45) is 0. The number of carbonyl (C=O) groups excluding carboxylic acids is 2. The van der Waals surface area contributed by atoms with Crippen LogP contribution >= 0.6 is 11.3 Å². The number of carbonyl (C=O) groups is 2. The van der Waals surface area contributed by atoms with Crippen LogP contribution in [-0.2, 0) is 4.79 Å². The smallest absolute Gasteiger partial charge is 0.254 e. The Kier molecular flexibility index (Phi) is 5.92. The molecule has 2 amide bonds. The molecule has 31 heavy (non-hydrogen) atoms. The van der Waals surface area contributed by atoms with Gasteiger partial charge in [-0.1, -0.05) is 50.2 Å². The highest BCUT2D eigenvalue weighted by atomic mass is 32.1. The van der Waals surface area contributed by atoms with Crippen LogP contribution in [0.5, 0.6) is 0 Å². The Morgan fingerprint density at radius 3 is 2.48 bits per heavy atom.